The minimum atomic E-state index is -0.406. The Kier molecular flexibility index (Phi) is 3.66. The standard InChI is InChI=1S/C11H15BrN2O2/c12-7-5-9(13-6-7)11(16)14-8-3-1-2-4-10(8)15/h5-6,8,10,13,15H,1-4H2,(H,14,16). The molecule has 0 saturated heterocycles. The second-order valence-electron chi connectivity index (χ2n) is 4.16. The smallest absolute Gasteiger partial charge is 0.268 e. The van der Waals surface area contributed by atoms with E-state index >= 15 is 0 Å². The van der Waals surface area contributed by atoms with Crippen molar-refractivity contribution >= 4 is 21.8 Å². The zero-order valence-electron chi connectivity index (χ0n) is 8.87. The summed E-state index contributed by atoms with van der Waals surface area (Å²) in [7, 11) is 0. The van der Waals surface area contributed by atoms with Crippen molar-refractivity contribution in [3.8, 4) is 0 Å². The third kappa shape index (κ3) is 2.65. The number of aliphatic hydroxyl groups is 1. The number of aromatic amines is 1. The van der Waals surface area contributed by atoms with Gasteiger partial charge in [-0.25, -0.2) is 0 Å². The molecule has 88 valence electrons. The van der Waals surface area contributed by atoms with Crippen LogP contribution in [0.15, 0.2) is 16.7 Å². The summed E-state index contributed by atoms with van der Waals surface area (Å²) in [5.74, 6) is -0.156. The summed E-state index contributed by atoms with van der Waals surface area (Å²) in [6.07, 6.45) is 5.05. The lowest BCUT2D eigenvalue weighted by atomic mass is 9.92. The SMILES string of the molecule is O=C(NC1CCCCC1O)c1cc(Br)c[nH]1. The first-order chi connectivity index (χ1) is 7.66. The maximum absolute atomic E-state index is 11.8. The lowest BCUT2D eigenvalue weighted by Crippen LogP contribution is -2.45. The Morgan fingerprint density at radius 3 is 2.88 bits per heavy atom. The van der Waals surface area contributed by atoms with Gasteiger partial charge in [0.05, 0.1) is 12.1 Å². The van der Waals surface area contributed by atoms with Crippen LogP contribution in [0.25, 0.3) is 0 Å². The number of hydrogen-bond donors (Lipinski definition) is 3. The van der Waals surface area contributed by atoms with Crippen LogP contribution in [0, 0.1) is 0 Å². The fraction of sp³-hybridized carbons (Fsp3) is 0.545. The number of aromatic nitrogens is 1. The van der Waals surface area contributed by atoms with Crippen LogP contribution in [0.3, 0.4) is 0 Å². The summed E-state index contributed by atoms with van der Waals surface area (Å²) in [4.78, 5) is 14.7. The number of hydrogen-bond acceptors (Lipinski definition) is 2. The van der Waals surface area contributed by atoms with E-state index in [2.05, 4.69) is 26.2 Å². The highest BCUT2D eigenvalue weighted by atomic mass is 79.9. The number of aliphatic hydroxyl groups excluding tert-OH is 1. The summed E-state index contributed by atoms with van der Waals surface area (Å²) in [6.45, 7) is 0. The molecule has 0 aromatic carbocycles. The predicted molar refractivity (Wildman–Crippen MR) is 64.2 cm³/mol. The number of H-pyrrole nitrogens is 1. The molecule has 1 fully saturated rings. The second kappa shape index (κ2) is 5.01. The molecule has 1 saturated carbocycles. The van der Waals surface area contributed by atoms with Gasteiger partial charge in [-0.05, 0) is 34.8 Å². The average molecular weight is 287 g/mol. The van der Waals surface area contributed by atoms with E-state index in [1.807, 2.05) is 0 Å². The van der Waals surface area contributed by atoms with Gasteiger partial charge in [0.1, 0.15) is 5.69 Å². The fourth-order valence-electron chi connectivity index (χ4n) is 2.02. The molecule has 1 heterocycles. The molecule has 5 heteroatoms. The van der Waals surface area contributed by atoms with Crippen LogP contribution in [0.1, 0.15) is 36.2 Å². The summed E-state index contributed by atoms with van der Waals surface area (Å²) in [5.41, 5.74) is 0.518. The van der Waals surface area contributed by atoms with Crippen LogP contribution in [-0.2, 0) is 0 Å². The van der Waals surface area contributed by atoms with Crippen molar-refractivity contribution in [3.63, 3.8) is 0 Å². The molecule has 0 spiro atoms. The van der Waals surface area contributed by atoms with Crippen molar-refractivity contribution in [2.24, 2.45) is 0 Å². The highest BCUT2D eigenvalue weighted by Crippen LogP contribution is 2.19. The van der Waals surface area contributed by atoms with Crippen LogP contribution in [-0.4, -0.2) is 28.1 Å². The molecule has 0 bridgehead atoms. The molecular weight excluding hydrogens is 272 g/mol. The van der Waals surface area contributed by atoms with Gasteiger partial charge in [-0.15, -0.1) is 0 Å². The summed E-state index contributed by atoms with van der Waals surface area (Å²) in [5, 5.41) is 12.6. The van der Waals surface area contributed by atoms with E-state index in [9.17, 15) is 9.90 Å². The maximum atomic E-state index is 11.8. The molecule has 1 aromatic heterocycles. The molecule has 1 amide bonds. The van der Waals surface area contributed by atoms with E-state index in [0.29, 0.717) is 5.69 Å². The van der Waals surface area contributed by atoms with Crippen molar-refractivity contribution < 1.29 is 9.90 Å². The van der Waals surface area contributed by atoms with E-state index in [4.69, 9.17) is 0 Å². The molecule has 1 aliphatic rings. The number of rotatable bonds is 2. The van der Waals surface area contributed by atoms with Gasteiger partial charge >= 0.3 is 0 Å². The van der Waals surface area contributed by atoms with Crippen LogP contribution in [0.2, 0.25) is 0 Å². The van der Waals surface area contributed by atoms with Crippen molar-refractivity contribution in [2.75, 3.05) is 0 Å². The van der Waals surface area contributed by atoms with Gasteiger partial charge in [0.25, 0.3) is 5.91 Å². The number of nitrogens with one attached hydrogen (secondary N) is 2. The topological polar surface area (TPSA) is 65.1 Å². The number of amides is 1. The molecule has 2 unspecified atom stereocenters. The molecule has 2 rings (SSSR count). The Bertz CT molecular complexity index is 378. The van der Waals surface area contributed by atoms with Crippen molar-refractivity contribution in [1.29, 1.82) is 0 Å². The van der Waals surface area contributed by atoms with Gasteiger partial charge in [0.15, 0.2) is 0 Å². The van der Waals surface area contributed by atoms with Gasteiger partial charge in [-0.2, -0.15) is 0 Å². The van der Waals surface area contributed by atoms with Gasteiger partial charge in [-0.3, -0.25) is 4.79 Å². The first-order valence-corrected chi connectivity index (χ1v) is 6.29. The highest BCUT2D eigenvalue weighted by Gasteiger charge is 2.25. The van der Waals surface area contributed by atoms with E-state index in [0.717, 1.165) is 30.2 Å². The van der Waals surface area contributed by atoms with Crippen LogP contribution >= 0.6 is 15.9 Å². The molecule has 0 radical (unpaired) electrons. The molecule has 16 heavy (non-hydrogen) atoms. The van der Waals surface area contributed by atoms with Gasteiger partial charge in [0.2, 0.25) is 0 Å². The second-order valence-corrected chi connectivity index (χ2v) is 5.08. The largest absolute Gasteiger partial charge is 0.391 e. The first-order valence-electron chi connectivity index (χ1n) is 5.49. The Hall–Kier alpha value is -0.810. The quantitative estimate of drug-likeness (QED) is 0.776. The Morgan fingerprint density at radius 1 is 1.50 bits per heavy atom. The Labute approximate surface area is 103 Å². The number of carbonyl (C=O) groups is 1. The lowest BCUT2D eigenvalue weighted by Gasteiger charge is -2.28. The third-order valence-corrected chi connectivity index (χ3v) is 3.40. The Morgan fingerprint density at radius 2 is 2.25 bits per heavy atom. The van der Waals surface area contributed by atoms with Crippen LogP contribution < -0.4 is 5.32 Å². The molecule has 0 aliphatic heterocycles. The molecular formula is C11H15BrN2O2. The summed E-state index contributed by atoms with van der Waals surface area (Å²) < 4.78 is 0.849. The first kappa shape index (κ1) is 11.7. The van der Waals surface area contributed by atoms with Gasteiger partial charge in [0, 0.05) is 10.7 Å². The molecule has 1 aliphatic carbocycles. The highest BCUT2D eigenvalue weighted by molar-refractivity contribution is 9.10. The number of halogens is 1. The monoisotopic (exact) mass is 286 g/mol. The van der Waals surface area contributed by atoms with Crippen LogP contribution in [0.5, 0.6) is 0 Å². The van der Waals surface area contributed by atoms with Gasteiger partial charge < -0.3 is 15.4 Å². The molecule has 1 aromatic rings. The van der Waals surface area contributed by atoms with Crippen molar-refractivity contribution in [2.45, 2.75) is 37.8 Å². The zero-order valence-corrected chi connectivity index (χ0v) is 10.5. The molecule has 4 nitrogen and oxygen atoms in total. The minimum absolute atomic E-state index is 0.108. The fourth-order valence-corrected chi connectivity index (χ4v) is 2.37. The van der Waals surface area contributed by atoms with Crippen molar-refractivity contribution in [3.05, 3.63) is 22.4 Å². The maximum Gasteiger partial charge on any atom is 0.268 e. The van der Waals surface area contributed by atoms with E-state index < -0.39 is 6.10 Å². The summed E-state index contributed by atoms with van der Waals surface area (Å²) in [6, 6.07) is 1.62. The van der Waals surface area contributed by atoms with E-state index in [1.165, 1.54) is 0 Å². The predicted octanol–water partition coefficient (Wildman–Crippen LogP) is 1.81. The molecule has 3 N–H and O–H groups in total. The molecule has 2 atom stereocenters. The zero-order chi connectivity index (χ0) is 11.5. The average Bonchev–Trinajstić information content (AvgIpc) is 2.68. The van der Waals surface area contributed by atoms with Crippen molar-refractivity contribution in [1.82, 2.24) is 10.3 Å². The third-order valence-electron chi connectivity index (χ3n) is 2.94. The van der Waals surface area contributed by atoms with Crippen LogP contribution in [0.4, 0.5) is 0 Å². The van der Waals surface area contributed by atoms with E-state index in [-0.39, 0.29) is 11.9 Å². The minimum Gasteiger partial charge on any atom is -0.391 e. The van der Waals surface area contributed by atoms with E-state index in [1.54, 1.807) is 12.3 Å². The summed E-state index contributed by atoms with van der Waals surface area (Å²) >= 11 is 3.28. The van der Waals surface area contributed by atoms with Gasteiger partial charge in [-0.1, -0.05) is 12.8 Å². The Balaban J connectivity index is 1.96. The number of carbonyl (C=O) groups excluding carboxylic acids is 1. The lowest BCUT2D eigenvalue weighted by molar-refractivity contribution is 0.0714. The normalized spacial score (nSPS) is 25.4.